The van der Waals surface area contributed by atoms with Gasteiger partial charge in [0.1, 0.15) is 0 Å². The molecule has 696 valence electrons. The van der Waals surface area contributed by atoms with Crippen molar-refractivity contribution in [2.45, 2.75) is 0 Å². The summed E-state index contributed by atoms with van der Waals surface area (Å²) < 4.78 is 876. The third-order valence-corrected chi connectivity index (χ3v) is 24.1. The van der Waals surface area contributed by atoms with Crippen LogP contribution < -0.4 is 0 Å². The quantitative estimate of drug-likeness (QED) is 0.107. The number of hydrogen-bond acceptors (Lipinski definition) is 0. The average molecular weight is 2000 g/mol. The van der Waals surface area contributed by atoms with Crippen molar-refractivity contribution in [3.63, 3.8) is 0 Å². The molecular formula is C150H96. The van der Waals surface area contributed by atoms with Crippen LogP contribution in [0.1, 0.15) is 132 Å². The molecule has 0 fully saturated rings. The minimum Gasteiger partial charge on any atom is -0.0616 e. The fourth-order valence-corrected chi connectivity index (χ4v) is 17.6. The molecule has 30 aromatic rings. The smallest absolute Gasteiger partial charge is 0.0616 e. The van der Waals surface area contributed by atoms with Crippen molar-refractivity contribution in [1.29, 1.82) is 0 Å². The molecule has 0 saturated carbocycles. The van der Waals surface area contributed by atoms with Crippen LogP contribution >= 0.6 is 0 Å². The molecule has 0 nitrogen and oxygen atoms in total. The molecule has 30 rings (SSSR count). The van der Waals surface area contributed by atoms with E-state index in [0.29, 0.717) is 0 Å². The van der Waals surface area contributed by atoms with Gasteiger partial charge in [-0.25, -0.2) is 0 Å². The summed E-state index contributed by atoms with van der Waals surface area (Å²) in [5.74, 6) is 0. The molecule has 0 bridgehead atoms. The molecule has 0 saturated heterocycles. The molecule has 0 spiro atoms. The molecular weight excluding hydrogens is 1800 g/mol. The van der Waals surface area contributed by atoms with Gasteiger partial charge in [0, 0.05) is 0 Å². The molecule has 0 N–H and O–H groups in total. The summed E-state index contributed by atoms with van der Waals surface area (Å²) in [6, 6.07) is -99.3. The van der Waals surface area contributed by atoms with Crippen molar-refractivity contribution in [2.24, 2.45) is 0 Å². The lowest BCUT2D eigenvalue weighted by atomic mass is 9.83. The minimum absolute atomic E-state index is 0.641. The predicted molar refractivity (Wildman–Crippen MR) is 647 cm³/mol. The fraction of sp³-hybridized carbons (Fsp3) is 0. The molecule has 0 aliphatic carbocycles. The van der Waals surface area contributed by atoms with Crippen molar-refractivity contribution in [2.75, 3.05) is 0 Å². The maximum absolute atomic E-state index is 10.4. The van der Waals surface area contributed by atoms with Crippen LogP contribution in [0.15, 0.2) is 580 Å². The highest BCUT2D eigenvalue weighted by Gasteiger charge is 2.26. The van der Waals surface area contributed by atoms with Gasteiger partial charge in [-0.05, 0) is 343 Å². The van der Waals surface area contributed by atoms with E-state index in [1.807, 2.05) is 0 Å². The standard InChI is InChI=1S/3C50H32/c1-4-21-39-33(13-1)16-10-26-42(39)36-19-9-20-38(31-36)49-45-24-7-8-25-46(45)50(44-28-12-18-35-15-3-6-23-41(35)44)47-30-29-37(32-48(47)49)43-27-11-17-34-14-2-5-22-40(34)43;1-2-15-36-30-37(27-26-33(36)12-1)38-28-29-47-48(32-38)49(40-19-9-18-39(31-40)43-24-10-16-34-13-3-5-20-41(34)43)45-22-7-8-23-46(45)50(47)44-25-11-17-35-14-4-6-21-42(35)44;1-2-15-36-30-37(27-26-33(36)12-1)38-28-29-47-48(32-38)50(44-25-11-17-35-14-4-6-21-42(35)44)46-23-8-7-22-45(46)49(47)40-19-9-18-39(31-40)43-24-10-16-34-13-3-5-20-41(34)43/h3*1-32H/i3*1D,2D,3D,4D,5D,6D,7D,8D,9D,10D,11D,12D,13D,14D,15D,16D,17D,18D,19D,20D,21D,22D,23D,24D,25D,26D,27D,28D,29D,30D,31D,32D. The van der Waals surface area contributed by atoms with E-state index in [1.54, 1.807) is 0 Å². The SMILES string of the molecule is [2H]c1c([2H])c(-c2c([2H])c([2H])c([2H])c3c([2H])c([2H])c([2H])c([2H])c23)c([2H])c(-c2c3c([2H])c([2H])c([2H])c([2H])c3c(-c3c([2H])c([2H])c([2H])c4c([2H])c([2H])c([2H])c([2H])c34)c3c([2H])c(-c4c([2H])c([2H])c5c([2H])c([2H])c([2H])c([2H])c5c4[2H])c([2H])c([2H])c23)c1[2H].[2H]c1c([2H])c(-c2c([2H])c([2H])c([2H])c3c([2H])c([2H])c([2H])c([2H])c23)c([2H])c(-c2c3c([2H])c([2H])c([2H])c([2H])c3c(-c3c([2H])c([2H])c([2H])c4c([2H])c([2H])c([2H])c([2H])c34)c3c([2H])c([2H])c(-c4c([2H])c([2H])c([2H])c5c([2H])c([2H])c([2H])c([2H])c45)c([2H])c23)c1[2H].[2H]c1c([2H])c(-c2c([2H])c([2H])c([2H])c3c([2H])c([2H])c([2H])c([2H])c23)c([2H])c(-c2c3c([2H])c([2H])c([2H])c([2H])c3c(-c3c([2H])c([2H])c([2H])c4c([2H])c([2H])c([2H])c([2H])c34)c3c([2H])c([2H])c(-c4c([2H])c([2H])c5c([2H])c([2H])c([2H])c([2H])c5c4[2H])c([2H])c23)c1[2H]. The molecule has 0 unspecified atom stereocenters. The first-order valence-electron chi connectivity index (χ1n) is 92.2. The van der Waals surface area contributed by atoms with Crippen LogP contribution in [0.4, 0.5) is 0 Å². The van der Waals surface area contributed by atoms with Gasteiger partial charge in [0.05, 0.1) is 132 Å². The Morgan fingerprint density at radius 1 is 0.0800 bits per heavy atom. The highest BCUT2D eigenvalue weighted by molar-refractivity contribution is 6.29. The molecule has 0 radical (unpaired) electrons. The molecule has 0 amide bonds. The average Bonchev–Trinajstić information content (AvgIpc) is 0.677. The van der Waals surface area contributed by atoms with Crippen molar-refractivity contribution in [3.8, 4) is 134 Å². The van der Waals surface area contributed by atoms with E-state index in [9.17, 15) is 54.8 Å². The summed E-state index contributed by atoms with van der Waals surface area (Å²) in [5, 5.41) is -23.9. The summed E-state index contributed by atoms with van der Waals surface area (Å²) in [6.07, 6.45) is 0. The third kappa shape index (κ3) is 15.6. The summed E-state index contributed by atoms with van der Waals surface area (Å²) in [7, 11) is 0. The third-order valence-electron chi connectivity index (χ3n) is 24.1. The van der Waals surface area contributed by atoms with Crippen LogP contribution in [-0.4, -0.2) is 0 Å². The Morgan fingerprint density at radius 3 is 0.547 bits per heavy atom. The van der Waals surface area contributed by atoms with E-state index in [0.717, 1.165) is 0 Å². The first-order valence-corrected chi connectivity index (χ1v) is 44.2. The fourth-order valence-electron chi connectivity index (χ4n) is 17.6. The van der Waals surface area contributed by atoms with Crippen LogP contribution in [0.5, 0.6) is 0 Å². The van der Waals surface area contributed by atoms with Crippen LogP contribution in [-0.2, 0) is 0 Å². The second kappa shape index (κ2) is 37.6. The number of hydrogen-bond donors (Lipinski definition) is 0. The van der Waals surface area contributed by atoms with Gasteiger partial charge in [-0.3, -0.25) is 0 Å². The van der Waals surface area contributed by atoms with Crippen molar-refractivity contribution < 1.29 is 132 Å². The van der Waals surface area contributed by atoms with Gasteiger partial charge in [0.15, 0.2) is 0 Å². The number of benzene rings is 30. The van der Waals surface area contributed by atoms with Crippen molar-refractivity contribution >= 4 is 162 Å². The highest BCUT2D eigenvalue weighted by Crippen LogP contribution is 2.53. The van der Waals surface area contributed by atoms with Crippen molar-refractivity contribution in [1.82, 2.24) is 0 Å². The van der Waals surface area contributed by atoms with Gasteiger partial charge >= 0.3 is 0 Å². The lowest BCUT2D eigenvalue weighted by Crippen LogP contribution is -1.93. The van der Waals surface area contributed by atoms with Crippen LogP contribution in [0, 0.1) is 0 Å². The summed E-state index contributed by atoms with van der Waals surface area (Å²) in [5.41, 5.74) is -22.3. The van der Waals surface area contributed by atoms with E-state index in [2.05, 4.69) is 0 Å². The second-order valence-electron chi connectivity index (χ2n) is 32.2. The number of rotatable bonds is 12. The Hall–Kier alpha value is -19.5. The van der Waals surface area contributed by atoms with Crippen LogP contribution in [0.3, 0.4) is 0 Å². The topological polar surface area (TPSA) is 0 Å². The zero-order valence-electron chi connectivity index (χ0n) is 171. The summed E-state index contributed by atoms with van der Waals surface area (Å²) >= 11 is 0. The van der Waals surface area contributed by atoms with Crippen LogP contribution in [0.2, 0.25) is 0 Å². The Balaban J connectivity index is 0.000000157. The number of fused-ring (bicyclic) bond motifs is 15. The normalized spacial score (nSPS) is 20.6. The highest BCUT2D eigenvalue weighted by atomic mass is 14.3. The first-order chi connectivity index (χ1) is 114. The molecule has 150 heavy (non-hydrogen) atoms. The van der Waals surface area contributed by atoms with E-state index >= 15 is 0 Å². The van der Waals surface area contributed by atoms with E-state index < -0.39 is 875 Å². The van der Waals surface area contributed by atoms with E-state index in [1.165, 1.54) is 0 Å². The Bertz CT molecular complexity index is 17000. The maximum Gasteiger partial charge on any atom is 0.0636 e. The largest absolute Gasteiger partial charge is 0.0636 e. The van der Waals surface area contributed by atoms with Gasteiger partial charge in [-0.15, -0.1) is 0 Å². The Labute approximate surface area is 1010 Å². The molecule has 0 aromatic heterocycles. The lowest BCUT2D eigenvalue weighted by molar-refractivity contribution is 1.63. The molecule has 0 aliphatic rings. The first kappa shape index (κ1) is 34.1. The summed E-state index contributed by atoms with van der Waals surface area (Å²) in [6.45, 7) is 0. The van der Waals surface area contributed by atoms with Gasteiger partial charge in [-0.1, -0.05) is 532 Å². The van der Waals surface area contributed by atoms with Crippen LogP contribution in [0.25, 0.3) is 295 Å². The zero-order valence-corrected chi connectivity index (χ0v) is 75.0. The van der Waals surface area contributed by atoms with Gasteiger partial charge in [-0.2, -0.15) is 0 Å². The zero-order chi connectivity index (χ0) is 183. The van der Waals surface area contributed by atoms with Gasteiger partial charge < -0.3 is 0 Å². The predicted octanol–water partition coefficient (Wildman–Crippen LogP) is 42.4. The van der Waals surface area contributed by atoms with E-state index in [4.69, 9.17) is 76.8 Å². The monoisotopic (exact) mass is 1990 g/mol. The van der Waals surface area contributed by atoms with Gasteiger partial charge in [0.2, 0.25) is 0 Å². The molecule has 30 aromatic carbocycles. The Kier molecular flexibility index (Phi) is 8.53. The lowest BCUT2D eigenvalue weighted by Gasteiger charge is -2.20. The minimum atomic E-state index is -1.22. The molecule has 0 heterocycles. The molecule has 0 heteroatoms. The molecule has 0 atom stereocenters. The van der Waals surface area contributed by atoms with E-state index in [-0.39, 0.29) is 0 Å². The van der Waals surface area contributed by atoms with Crippen molar-refractivity contribution in [3.05, 3.63) is 580 Å². The second-order valence-corrected chi connectivity index (χ2v) is 32.2. The van der Waals surface area contributed by atoms with Gasteiger partial charge in [0.25, 0.3) is 0 Å². The summed E-state index contributed by atoms with van der Waals surface area (Å²) in [4.78, 5) is 0. The Morgan fingerprint density at radius 2 is 0.247 bits per heavy atom. The molecule has 0 aliphatic heterocycles. The maximum atomic E-state index is 10.4.